The molecule has 1 heterocycles. The molecule has 102 valence electrons. The van der Waals surface area contributed by atoms with Crippen molar-refractivity contribution in [3.05, 3.63) is 12.2 Å². The van der Waals surface area contributed by atoms with E-state index in [0.717, 1.165) is 31.8 Å². The number of likely N-dealkylation sites (tertiary alicyclic amines) is 1. The van der Waals surface area contributed by atoms with Gasteiger partial charge >= 0.3 is 0 Å². The molecular weight excluding hydrogens is 226 g/mol. The zero-order valence-electron chi connectivity index (χ0n) is 11.8. The van der Waals surface area contributed by atoms with E-state index in [-0.39, 0.29) is 11.7 Å². The highest BCUT2D eigenvalue weighted by atomic mass is 16.2. The van der Waals surface area contributed by atoms with Gasteiger partial charge in [0.15, 0.2) is 5.78 Å². The molecule has 18 heavy (non-hydrogen) atoms. The van der Waals surface area contributed by atoms with Gasteiger partial charge in [-0.25, -0.2) is 0 Å². The Kier molecular flexibility index (Phi) is 6.10. The zero-order valence-corrected chi connectivity index (χ0v) is 11.8. The molecule has 0 aliphatic carbocycles. The Labute approximate surface area is 110 Å². The van der Waals surface area contributed by atoms with Gasteiger partial charge in [-0.15, -0.1) is 0 Å². The molecule has 1 aliphatic heterocycles. The topological polar surface area (TPSA) is 37.4 Å². The number of amides is 1. The van der Waals surface area contributed by atoms with Crippen molar-refractivity contribution < 1.29 is 9.59 Å². The molecule has 1 rings (SSSR count). The number of piperidine rings is 1. The fourth-order valence-electron chi connectivity index (χ4n) is 2.47. The van der Waals surface area contributed by atoms with Crippen LogP contribution in [0.1, 0.15) is 46.5 Å². The third-order valence-corrected chi connectivity index (χ3v) is 3.77. The third kappa shape index (κ3) is 4.63. The maximum Gasteiger partial charge on any atom is 0.223 e. The van der Waals surface area contributed by atoms with E-state index in [1.165, 1.54) is 6.08 Å². The number of carbonyl (C=O) groups excluding carboxylic acids is 2. The van der Waals surface area contributed by atoms with Gasteiger partial charge in [0, 0.05) is 25.9 Å². The molecule has 0 spiro atoms. The predicted octanol–water partition coefficient (Wildman–Crippen LogP) is 2.81. The van der Waals surface area contributed by atoms with E-state index in [0.29, 0.717) is 18.8 Å². The van der Waals surface area contributed by atoms with E-state index >= 15 is 0 Å². The summed E-state index contributed by atoms with van der Waals surface area (Å²) in [7, 11) is 0. The number of hydrogen-bond acceptors (Lipinski definition) is 2. The van der Waals surface area contributed by atoms with E-state index in [9.17, 15) is 9.59 Å². The minimum atomic E-state index is 0.0444. The zero-order chi connectivity index (χ0) is 13.5. The normalized spacial score (nSPS) is 17.7. The highest BCUT2D eigenvalue weighted by molar-refractivity contribution is 5.92. The summed E-state index contributed by atoms with van der Waals surface area (Å²) >= 11 is 0. The molecule has 1 fully saturated rings. The van der Waals surface area contributed by atoms with Crippen LogP contribution in [0.3, 0.4) is 0 Å². The highest BCUT2D eigenvalue weighted by Gasteiger charge is 2.24. The Morgan fingerprint density at radius 3 is 2.33 bits per heavy atom. The standard InChI is InChI=1S/C15H25NO2/c1-4-5-14(17)6-7-15(18)16-10-8-13(9-11-16)12(2)3/h4-5,12-13H,6-11H2,1-3H3/b5-4+. The maximum atomic E-state index is 11.9. The van der Waals surface area contributed by atoms with Gasteiger partial charge in [-0.3, -0.25) is 9.59 Å². The number of ketones is 1. The quantitative estimate of drug-likeness (QED) is 0.705. The van der Waals surface area contributed by atoms with Gasteiger partial charge in [0.2, 0.25) is 5.91 Å². The van der Waals surface area contributed by atoms with Crippen molar-refractivity contribution >= 4 is 11.7 Å². The molecular formula is C15H25NO2. The Morgan fingerprint density at radius 1 is 1.22 bits per heavy atom. The lowest BCUT2D eigenvalue weighted by Gasteiger charge is -2.33. The van der Waals surface area contributed by atoms with Crippen LogP contribution in [-0.4, -0.2) is 29.7 Å². The monoisotopic (exact) mass is 251 g/mol. The van der Waals surface area contributed by atoms with E-state index in [4.69, 9.17) is 0 Å². The van der Waals surface area contributed by atoms with Crippen molar-refractivity contribution in [3.8, 4) is 0 Å². The van der Waals surface area contributed by atoms with Crippen LogP contribution in [0.5, 0.6) is 0 Å². The van der Waals surface area contributed by atoms with Crippen LogP contribution in [-0.2, 0) is 9.59 Å². The fourth-order valence-corrected chi connectivity index (χ4v) is 2.47. The number of allylic oxidation sites excluding steroid dienone is 2. The van der Waals surface area contributed by atoms with Gasteiger partial charge in [0.05, 0.1) is 0 Å². The SMILES string of the molecule is C/C=C/C(=O)CCC(=O)N1CCC(C(C)C)CC1. The lowest BCUT2D eigenvalue weighted by atomic mass is 9.86. The van der Waals surface area contributed by atoms with E-state index in [1.54, 1.807) is 6.08 Å². The number of carbonyl (C=O) groups is 2. The van der Waals surface area contributed by atoms with Crippen molar-refractivity contribution in [2.45, 2.75) is 46.5 Å². The van der Waals surface area contributed by atoms with E-state index < -0.39 is 0 Å². The summed E-state index contributed by atoms with van der Waals surface area (Å²) < 4.78 is 0. The van der Waals surface area contributed by atoms with Crippen LogP contribution in [0.15, 0.2) is 12.2 Å². The second kappa shape index (κ2) is 7.34. The van der Waals surface area contributed by atoms with Crippen molar-refractivity contribution in [2.24, 2.45) is 11.8 Å². The average Bonchev–Trinajstić information content (AvgIpc) is 2.36. The average molecular weight is 251 g/mol. The minimum Gasteiger partial charge on any atom is -0.343 e. The van der Waals surface area contributed by atoms with Crippen molar-refractivity contribution in [3.63, 3.8) is 0 Å². The van der Waals surface area contributed by atoms with Crippen LogP contribution in [0.25, 0.3) is 0 Å². The Bertz CT molecular complexity index is 312. The molecule has 1 saturated heterocycles. The largest absolute Gasteiger partial charge is 0.343 e. The fraction of sp³-hybridized carbons (Fsp3) is 0.733. The van der Waals surface area contributed by atoms with Gasteiger partial charge in [-0.2, -0.15) is 0 Å². The number of rotatable bonds is 5. The Balaban J connectivity index is 2.30. The molecule has 0 atom stereocenters. The third-order valence-electron chi connectivity index (χ3n) is 3.77. The van der Waals surface area contributed by atoms with Gasteiger partial charge in [-0.1, -0.05) is 19.9 Å². The number of nitrogens with zero attached hydrogens (tertiary/aromatic N) is 1. The second-order valence-electron chi connectivity index (χ2n) is 5.43. The predicted molar refractivity (Wildman–Crippen MR) is 73.2 cm³/mol. The van der Waals surface area contributed by atoms with Crippen LogP contribution >= 0.6 is 0 Å². The van der Waals surface area contributed by atoms with Crippen LogP contribution < -0.4 is 0 Å². The summed E-state index contributed by atoms with van der Waals surface area (Å²) in [4.78, 5) is 25.2. The molecule has 0 aromatic rings. The van der Waals surface area contributed by atoms with Crippen molar-refractivity contribution in [1.29, 1.82) is 0 Å². The molecule has 1 aliphatic rings. The molecule has 0 aromatic carbocycles. The van der Waals surface area contributed by atoms with Gasteiger partial charge < -0.3 is 4.90 Å². The smallest absolute Gasteiger partial charge is 0.223 e. The molecule has 0 bridgehead atoms. The second-order valence-corrected chi connectivity index (χ2v) is 5.43. The van der Waals surface area contributed by atoms with Crippen LogP contribution in [0.2, 0.25) is 0 Å². The molecule has 0 N–H and O–H groups in total. The van der Waals surface area contributed by atoms with Crippen LogP contribution in [0.4, 0.5) is 0 Å². The summed E-state index contributed by atoms with van der Waals surface area (Å²) in [5.41, 5.74) is 0. The molecule has 0 radical (unpaired) electrons. The van der Waals surface area contributed by atoms with Gasteiger partial charge in [-0.05, 0) is 37.7 Å². The minimum absolute atomic E-state index is 0.0444. The van der Waals surface area contributed by atoms with Crippen molar-refractivity contribution in [2.75, 3.05) is 13.1 Å². The summed E-state index contributed by atoms with van der Waals surface area (Å²) in [6.07, 6.45) is 6.17. The molecule has 0 unspecified atom stereocenters. The molecule has 0 aromatic heterocycles. The first-order valence-electron chi connectivity index (χ1n) is 6.98. The molecule has 1 amide bonds. The summed E-state index contributed by atoms with van der Waals surface area (Å²) in [5.74, 6) is 1.63. The molecule has 3 heteroatoms. The van der Waals surface area contributed by atoms with Gasteiger partial charge in [0.1, 0.15) is 0 Å². The lowest BCUT2D eigenvalue weighted by molar-refractivity contribution is -0.134. The first-order chi connectivity index (χ1) is 8.54. The van der Waals surface area contributed by atoms with E-state index in [1.807, 2.05) is 11.8 Å². The number of hydrogen-bond donors (Lipinski definition) is 0. The summed E-state index contributed by atoms with van der Waals surface area (Å²) in [6.45, 7) is 8.03. The highest BCUT2D eigenvalue weighted by Crippen LogP contribution is 2.24. The van der Waals surface area contributed by atoms with Gasteiger partial charge in [0.25, 0.3) is 0 Å². The Hall–Kier alpha value is -1.12. The Morgan fingerprint density at radius 2 is 1.83 bits per heavy atom. The first kappa shape index (κ1) is 14.9. The first-order valence-corrected chi connectivity index (χ1v) is 6.98. The van der Waals surface area contributed by atoms with E-state index in [2.05, 4.69) is 13.8 Å². The summed E-state index contributed by atoms with van der Waals surface area (Å²) in [5, 5.41) is 0. The summed E-state index contributed by atoms with van der Waals surface area (Å²) in [6, 6.07) is 0. The molecule has 0 saturated carbocycles. The van der Waals surface area contributed by atoms with Crippen molar-refractivity contribution in [1.82, 2.24) is 4.90 Å². The molecule has 3 nitrogen and oxygen atoms in total. The lowest BCUT2D eigenvalue weighted by Crippen LogP contribution is -2.39. The maximum absolute atomic E-state index is 11.9. The van der Waals surface area contributed by atoms with Crippen LogP contribution in [0, 0.1) is 11.8 Å².